The van der Waals surface area contributed by atoms with Gasteiger partial charge in [-0.05, 0) is 18.4 Å². The van der Waals surface area contributed by atoms with Crippen molar-refractivity contribution in [2.45, 2.75) is 46.7 Å². The Kier molecular flexibility index (Phi) is 5.47. The number of methoxy groups -OCH3 is 1. The molecule has 0 unspecified atom stereocenters. The van der Waals surface area contributed by atoms with E-state index in [4.69, 9.17) is 14.6 Å². The second-order valence-corrected chi connectivity index (χ2v) is 9.16. The quantitative estimate of drug-likeness (QED) is 0.441. The number of ketones is 1. The van der Waals surface area contributed by atoms with Crippen molar-refractivity contribution >= 4 is 16.7 Å². The molecule has 1 aliphatic rings. The normalized spacial score (nSPS) is 15.6. The number of benzene rings is 1. The topological polar surface area (TPSA) is 75.3 Å². The van der Waals surface area contributed by atoms with E-state index in [1.54, 1.807) is 19.4 Å². The van der Waals surface area contributed by atoms with Crippen molar-refractivity contribution in [3.63, 3.8) is 0 Å². The first-order valence-corrected chi connectivity index (χ1v) is 10.6. The third kappa shape index (κ3) is 3.78. The highest BCUT2D eigenvalue weighted by molar-refractivity contribution is 5.97. The lowest BCUT2D eigenvalue weighted by atomic mass is 9.84. The molecule has 0 radical (unpaired) electrons. The zero-order chi connectivity index (χ0) is 22.3. The Bertz CT molecular complexity index is 1200. The van der Waals surface area contributed by atoms with Crippen LogP contribution in [-0.4, -0.2) is 40.5 Å². The van der Waals surface area contributed by atoms with E-state index in [0.29, 0.717) is 19.8 Å². The first-order valence-electron chi connectivity index (χ1n) is 10.6. The van der Waals surface area contributed by atoms with Gasteiger partial charge in [-0.2, -0.15) is 5.10 Å². The Morgan fingerprint density at radius 2 is 2.03 bits per heavy atom. The maximum Gasteiger partial charge on any atom is 0.193 e. The second-order valence-electron chi connectivity index (χ2n) is 9.16. The number of nitrogens with zero attached hydrogens (tertiary/aromatic N) is 3. The van der Waals surface area contributed by atoms with E-state index in [0.717, 1.165) is 34.5 Å². The van der Waals surface area contributed by atoms with Crippen LogP contribution >= 0.6 is 0 Å². The van der Waals surface area contributed by atoms with Crippen LogP contribution < -0.4 is 10.2 Å². The Morgan fingerprint density at radius 3 is 2.71 bits per heavy atom. The minimum absolute atomic E-state index is 0.0362. The van der Waals surface area contributed by atoms with Crippen LogP contribution in [0.3, 0.4) is 0 Å². The van der Waals surface area contributed by atoms with Crippen molar-refractivity contribution in [3.8, 4) is 17.1 Å². The van der Waals surface area contributed by atoms with E-state index < -0.39 is 0 Å². The van der Waals surface area contributed by atoms with Crippen LogP contribution in [0.4, 0.5) is 0 Å². The van der Waals surface area contributed by atoms with Gasteiger partial charge in [-0.25, -0.2) is 0 Å². The molecule has 2 aromatic heterocycles. The van der Waals surface area contributed by atoms with Crippen LogP contribution in [-0.2, 0) is 11.3 Å². The summed E-state index contributed by atoms with van der Waals surface area (Å²) in [4.78, 5) is 24.8. The first kappa shape index (κ1) is 21.3. The predicted molar refractivity (Wildman–Crippen MR) is 120 cm³/mol. The number of carbonyl (C=O) groups is 1. The van der Waals surface area contributed by atoms with Gasteiger partial charge in [-0.1, -0.05) is 32.9 Å². The van der Waals surface area contributed by atoms with E-state index in [2.05, 4.69) is 25.3 Å². The Balaban J connectivity index is 1.90. The lowest BCUT2D eigenvalue weighted by molar-refractivity contribution is 0.101. The summed E-state index contributed by atoms with van der Waals surface area (Å²) < 4.78 is 15.1. The van der Waals surface area contributed by atoms with Crippen molar-refractivity contribution in [2.75, 3.05) is 20.3 Å². The summed E-state index contributed by atoms with van der Waals surface area (Å²) in [7, 11) is 1.67. The average Bonchev–Trinajstić information content (AvgIpc) is 3.09. The van der Waals surface area contributed by atoms with Crippen LogP contribution in [0.5, 0.6) is 5.75 Å². The summed E-state index contributed by atoms with van der Waals surface area (Å²) in [5, 5.41) is 5.81. The maximum atomic E-state index is 12.7. The van der Waals surface area contributed by atoms with E-state index in [9.17, 15) is 9.59 Å². The van der Waals surface area contributed by atoms with Gasteiger partial charge in [0.2, 0.25) is 0 Å². The number of pyridine rings is 1. The SMILES string of the molecule is COCCCOc1cccc2c3n(nc12)C[C@@H](C(C)(C)C)n1cc(C(C)=O)c(=O)cc1-3. The molecule has 0 saturated heterocycles. The standard InChI is InChI=1S/C24H29N3O4/c1-15(28)17-13-26-18(12-19(17)29)23-16-8-6-9-20(31-11-7-10-30-5)22(16)25-27(23)14-21(26)24(2,3)4/h6,8-9,12-13,21H,7,10-11,14H2,1-5H3/t21-/m0/s1. The molecule has 31 heavy (non-hydrogen) atoms. The number of Topliss-reactive ketones (excluding diaryl/α,β-unsaturated/α-hetero) is 1. The summed E-state index contributed by atoms with van der Waals surface area (Å²) in [6.07, 6.45) is 2.52. The fourth-order valence-corrected chi connectivity index (χ4v) is 4.23. The van der Waals surface area contributed by atoms with Crippen LogP contribution in [0.1, 0.15) is 50.5 Å². The summed E-state index contributed by atoms with van der Waals surface area (Å²) >= 11 is 0. The molecule has 0 amide bonds. The van der Waals surface area contributed by atoms with Crippen LogP contribution in [0.2, 0.25) is 0 Å². The van der Waals surface area contributed by atoms with Gasteiger partial charge in [0.1, 0.15) is 11.3 Å². The van der Waals surface area contributed by atoms with Crippen molar-refractivity contribution < 1.29 is 14.3 Å². The lowest BCUT2D eigenvalue weighted by Gasteiger charge is -2.38. The monoisotopic (exact) mass is 423 g/mol. The van der Waals surface area contributed by atoms with Gasteiger partial charge in [0, 0.05) is 37.8 Å². The molecule has 3 heterocycles. The minimum atomic E-state index is -0.263. The number of rotatable bonds is 6. The van der Waals surface area contributed by atoms with Gasteiger partial charge >= 0.3 is 0 Å². The second kappa shape index (κ2) is 7.96. The van der Waals surface area contributed by atoms with Crippen LogP contribution in [0, 0.1) is 5.41 Å². The van der Waals surface area contributed by atoms with Crippen molar-refractivity contribution in [2.24, 2.45) is 5.41 Å². The van der Waals surface area contributed by atoms with Crippen LogP contribution in [0.25, 0.3) is 22.3 Å². The molecular weight excluding hydrogens is 394 g/mol. The molecule has 4 rings (SSSR count). The maximum absolute atomic E-state index is 12.7. The highest BCUT2D eigenvalue weighted by Crippen LogP contribution is 2.43. The van der Waals surface area contributed by atoms with E-state index in [-0.39, 0.29) is 28.2 Å². The molecule has 7 heteroatoms. The third-order valence-electron chi connectivity index (χ3n) is 5.87. The summed E-state index contributed by atoms with van der Waals surface area (Å²) in [5.41, 5.74) is 2.29. The van der Waals surface area contributed by atoms with Crippen molar-refractivity contribution in [1.82, 2.24) is 14.3 Å². The molecule has 164 valence electrons. The third-order valence-corrected chi connectivity index (χ3v) is 5.87. The molecule has 0 saturated carbocycles. The molecule has 3 aromatic rings. The number of hydrogen-bond donors (Lipinski definition) is 0. The summed E-state index contributed by atoms with van der Waals surface area (Å²) in [5.74, 6) is 0.501. The summed E-state index contributed by atoms with van der Waals surface area (Å²) in [6.45, 7) is 9.73. The number of hydrogen-bond acceptors (Lipinski definition) is 5. The van der Waals surface area contributed by atoms with Crippen molar-refractivity contribution in [3.05, 3.63) is 46.2 Å². The Hall–Kier alpha value is -2.93. The van der Waals surface area contributed by atoms with Gasteiger partial charge in [0.25, 0.3) is 0 Å². The summed E-state index contributed by atoms with van der Waals surface area (Å²) in [6, 6.07) is 7.48. The Morgan fingerprint density at radius 1 is 1.26 bits per heavy atom. The first-order chi connectivity index (χ1) is 14.7. The lowest BCUT2D eigenvalue weighted by Crippen LogP contribution is -2.35. The smallest absolute Gasteiger partial charge is 0.193 e. The highest BCUT2D eigenvalue weighted by atomic mass is 16.5. The van der Waals surface area contributed by atoms with Crippen molar-refractivity contribution in [1.29, 1.82) is 0 Å². The number of fused-ring (bicyclic) bond motifs is 5. The molecule has 0 aliphatic carbocycles. The fraction of sp³-hybridized carbons (Fsp3) is 0.458. The molecule has 1 atom stereocenters. The molecule has 0 bridgehead atoms. The zero-order valence-electron chi connectivity index (χ0n) is 18.8. The van der Waals surface area contributed by atoms with Crippen LogP contribution in [0.15, 0.2) is 35.3 Å². The highest BCUT2D eigenvalue weighted by Gasteiger charge is 2.35. The van der Waals surface area contributed by atoms with E-state index in [1.807, 2.05) is 22.9 Å². The molecule has 7 nitrogen and oxygen atoms in total. The van der Waals surface area contributed by atoms with E-state index >= 15 is 0 Å². The van der Waals surface area contributed by atoms with Gasteiger partial charge in [0.05, 0.1) is 36.1 Å². The zero-order valence-corrected chi connectivity index (χ0v) is 18.8. The minimum Gasteiger partial charge on any atom is -0.491 e. The number of aromatic nitrogens is 3. The number of carbonyl (C=O) groups excluding carboxylic acids is 1. The predicted octanol–water partition coefficient (Wildman–Crippen LogP) is 4.08. The molecule has 0 fully saturated rings. The van der Waals surface area contributed by atoms with E-state index in [1.165, 1.54) is 6.92 Å². The molecule has 1 aromatic carbocycles. The fourth-order valence-electron chi connectivity index (χ4n) is 4.23. The Labute approximate surface area is 181 Å². The average molecular weight is 424 g/mol. The molecule has 1 aliphatic heterocycles. The van der Waals surface area contributed by atoms with Gasteiger partial charge in [-0.15, -0.1) is 0 Å². The molecule has 0 spiro atoms. The molecule has 0 N–H and O–H groups in total. The largest absolute Gasteiger partial charge is 0.491 e. The number of ether oxygens (including phenoxy) is 2. The molecular formula is C24H29N3O4. The van der Waals surface area contributed by atoms with Gasteiger partial charge in [0.15, 0.2) is 11.2 Å². The van der Waals surface area contributed by atoms with Gasteiger partial charge < -0.3 is 14.0 Å². The van der Waals surface area contributed by atoms with Gasteiger partial charge in [-0.3, -0.25) is 14.3 Å².